The van der Waals surface area contributed by atoms with Crippen LogP contribution in [0.15, 0.2) is 47.4 Å². The number of aryl methyl sites for hydroxylation is 1. The number of methoxy groups -OCH3 is 1. The summed E-state index contributed by atoms with van der Waals surface area (Å²) < 4.78 is 33.1. The summed E-state index contributed by atoms with van der Waals surface area (Å²) in [5.41, 5.74) is 2.07. The quantitative estimate of drug-likeness (QED) is 0.643. The van der Waals surface area contributed by atoms with Crippen LogP contribution in [0.3, 0.4) is 0 Å². The molecule has 0 aliphatic carbocycles. The Morgan fingerprint density at radius 2 is 1.76 bits per heavy atom. The molecule has 8 heteroatoms. The minimum atomic E-state index is -3.59. The first-order valence-electron chi connectivity index (χ1n) is 9.76. The van der Waals surface area contributed by atoms with Crippen molar-refractivity contribution in [1.29, 1.82) is 0 Å². The van der Waals surface area contributed by atoms with Gasteiger partial charge in [-0.1, -0.05) is 17.7 Å². The normalized spacial score (nSPS) is 15.5. The number of hydrogen-bond donors (Lipinski definition) is 1. The topological polar surface area (TPSA) is 61.9 Å². The molecule has 0 saturated carbocycles. The molecule has 1 fully saturated rings. The monoisotopic (exact) mass is 437 g/mol. The fourth-order valence-electron chi connectivity index (χ4n) is 3.46. The van der Waals surface area contributed by atoms with E-state index in [-0.39, 0.29) is 4.90 Å². The van der Waals surface area contributed by atoms with Gasteiger partial charge in [0.15, 0.2) is 0 Å². The Morgan fingerprint density at radius 3 is 2.41 bits per heavy atom. The van der Waals surface area contributed by atoms with Gasteiger partial charge in [0.1, 0.15) is 10.6 Å². The van der Waals surface area contributed by atoms with Gasteiger partial charge in [0.2, 0.25) is 10.0 Å². The summed E-state index contributed by atoms with van der Waals surface area (Å²) in [5, 5.41) is 0.748. The lowest BCUT2D eigenvalue weighted by molar-refractivity contribution is 0.255. The number of hydrogen-bond acceptors (Lipinski definition) is 5. The SMILES string of the molecule is COc1ccc(C)cc1S(=O)(=O)NCCCN1CCN(c2ccc(Cl)cc2)CC1. The van der Waals surface area contributed by atoms with E-state index in [1.165, 1.54) is 12.8 Å². The zero-order valence-electron chi connectivity index (χ0n) is 16.9. The van der Waals surface area contributed by atoms with Crippen LogP contribution in [0.5, 0.6) is 5.75 Å². The van der Waals surface area contributed by atoms with Gasteiger partial charge in [0, 0.05) is 43.4 Å². The molecule has 158 valence electrons. The first-order valence-corrected chi connectivity index (χ1v) is 11.6. The number of nitrogens with zero attached hydrogens (tertiary/aromatic N) is 2. The molecule has 2 aromatic rings. The summed E-state index contributed by atoms with van der Waals surface area (Å²) in [5.74, 6) is 0.362. The van der Waals surface area contributed by atoms with Crippen LogP contribution in [-0.4, -0.2) is 59.7 Å². The van der Waals surface area contributed by atoms with Gasteiger partial charge in [-0.05, 0) is 61.9 Å². The number of ether oxygens (including phenoxy) is 1. The Balaban J connectivity index is 1.44. The molecule has 2 aromatic carbocycles. The van der Waals surface area contributed by atoms with Crippen molar-refractivity contribution in [3.8, 4) is 5.75 Å². The molecular weight excluding hydrogens is 410 g/mol. The third-order valence-electron chi connectivity index (χ3n) is 5.12. The number of halogens is 1. The van der Waals surface area contributed by atoms with Crippen molar-refractivity contribution in [2.24, 2.45) is 0 Å². The molecular formula is C21H28ClN3O3S. The Bertz CT molecular complexity index is 911. The Kier molecular flexibility index (Phi) is 7.40. The van der Waals surface area contributed by atoms with E-state index in [2.05, 4.69) is 14.5 Å². The summed E-state index contributed by atoms with van der Waals surface area (Å²) in [6, 6.07) is 13.1. The van der Waals surface area contributed by atoms with Crippen molar-refractivity contribution >= 4 is 27.3 Å². The highest BCUT2D eigenvalue weighted by molar-refractivity contribution is 7.89. The predicted octanol–water partition coefficient (Wildman–Crippen LogP) is 3.15. The largest absolute Gasteiger partial charge is 0.495 e. The average Bonchev–Trinajstić information content (AvgIpc) is 2.72. The van der Waals surface area contributed by atoms with E-state index in [9.17, 15) is 8.42 Å². The minimum Gasteiger partial charge on any atom is -0.495 e. The van der Waals surface area contributed by atoms with Gasteiger partial charge in [-0.2, -0.15) is 0 Å². The molecule has 0 radical (unpaired) electrons. The van der Waals surface area contributed by atoms with Gasteiger partial charge in [-0.15, -0.1) is 0 Å². The van der Waals surface area contributed by atoms with Gasteiger partial charge in [0.05, 0.1) is 7.11 Å². The summed E-state index contributed by atoms with van der Waals surface area (Å²) in [6.45, 7) is 6.95. The van der Waals surface area contributed by atoms with Gasteiger partial charge >= 0.3 is 0 Å². The standard InChI is InChI=1S/C21H28ClN3O3S/c1-17-4-9-20(28-2)21(16-17)29(26,27)23-10-3-11-24-12-14-25(15-13-24)19-7-5-18(22)6-8-19/h4-9,16,23H,3,10-15H2,1-2H3. The second-order valence-corrected chi connectivity index (χ2v) is 9.38. The third-order valence-corrected chi connectivity index (χ3v) is 6.85. The Labute approximate surface area is 178 Å². The van der Waals surface area contributed by atoms with Crippen LogP contribution in [0.25, 0.3) is 0 Å². The Morgan fingerprint density at radius 1 is 1.07 bits per heavy atom. The zero-order chi connectivity index (χ0) is 20.9. The number of piperazine rings is 1. The first kappa shape index (κ1) is 21.9. The molecule has 1 aliphatic heterocycles. The maximum atomic E-state index is 12.6. The number of nitrogens with one attached hydrogen (secondary N) is 1. The minimum absolute atomic E-state index is 0.191. The number of sulfonamides is 1. The zero-order valence-corrected chi connectivity index (χ0v) is 18.5. The van der Waals surface area contributed by atoms with Crippen LogP contribution in [0.1, 0.15) is 12.0 Å². The molecule has 0 unspecified atom stereocenters. The maximum Gasteiger partial charge on any atom is 0.244 e. The third kappa shape index (κ3) is 5.85. The van der Waals surface area contributed by atoms with E-state index in [0.29, 0.717) is 12.3 Å². The molecule has 6 nitrogen and oxygen atoms in total. The second-order valence-electron chi connectivity index (χ2n) is 7.21. The fraction of sp³-hybridized carbons (Fsp3) is 0.429. The van der Waals surface area contributed by atoms with Crippen molar-refractivity contribution in [3.63, 3.8) is 0 Å². The van der Waals surface area contributed by atoms with Crippen LogP contribution < -0.4 is 14.4 Å². The van der Waals surface area contributed by atoms with Crippen LogP contribution in [0, 0.1) is 6.92 Å². The van der Waals surface area contributed by atoms with Crippen molar-refractivity contribution in [3.05, 3.63) is 53.1 Å². The molecule has 1 heterocycles. The van der Waals surface area contributed by atoms with Gasteiger partial charge in [-0.25, -0.2) is 13.1 Å². The lowest BCUT2D eigenvalue weighted by atomic mass is 10.2. The van der Waals surface area contributed by atoms with Crippen LogP contribution in [-0.2, 0) is 10.0 Å². The van der Waals surface area contributed by atoms with Crippen LogP contribution in [0.2, 0.25) is 5.02 Å². The van der Waals surface area contributed by atoms with Gasteiger partial charge in [0.25, 0.3) is 0 Å². The lowest BCUT2D eigenvalue weighted by Gasteiger charge is -2.36. The summed E-state index contributed by atoms with van der Waals surface area (Å²) in [4.78, 5) is 4.91. The van der Waals surface area contributed by atoms with Gasteiger partial charge < -0.3 is 9.64 Å². The Hall–Kier alpha value is -1.80. The summed E-state index contributed by atoms with van der Waals surface area (Å²) >= 11 is 5.96. The molecule has 0 amide bonds. The molecule has 0 atom stereocenters. The van der Waals surface area contributed by atoms with E-state index in [4.69, 9.17) is 16.3 Å². The molecule has 0 bridgehead atoms. The molecule has 29 heavy (non-hydrogen) atoms. The predicted molar refractivity (Wildman–Crippen MR) is 118 cm³/mol. The van der Waals surface area contributed by atoms with Crippen molar-refractivity contribution in [2.45, 2.75) is 18.2 Å². The first-order chi connectivity index (χ1) is 13.9. The lowest BCUT2D eigenvalue weighted by Crippen LogP contribution is -2.47. The van der Waals surface area contributed by atoms with Crippen molar-refractivity contribution in [2.75, 3.05) is 51.3 Å². The highest BCUT2D eigenvalue weighted by Gasteiger charge is 2.20. The maximum absolute atomic E-state index is 12.6. The molecule has 1 N–H and O–H groups in total. The second kappa shape index (κ2) is 9.80. The van der Waals surface area contributed by atoms with Gasteiger partial charge in [-0.3, -0.25) is 4.90 Å². The molecule has 0 aromatic heterocycles. The molecule has 1 saturated heterocycles. The average molecular weight is 438 g/mol. The van der Waals surface area contributed by atoms with Crippen molar-refractivity contribution in [1.82, 2.24) is 9.62 Å². The summed E-state index contributed by atoms with van der Waals surface area (Å²) in [6.07, 6.45) is 0.758. The van der Waals surface area contributed by atoms with E-state index >= 15 is 0 Å². The smallest absolute Gasteiger partial charge is 0.244 e. The van der Waals surface area contributed by atoms with Crippen molar-refractivity contribution < 1.29 is 13.2 Å². The molecule has 0 spiro atoms. The highest BCUT2D eigenvalue weighted by atomic mass is 35.5. The number of rotatable bonds is 8. The van der Waals surface area contributed by atoms with E-state index < -0.39 is 10.0 Å². The van der Waals surface area contributed by atoms with E-state index in [1.807, 2.05) is 37.3 Å². The fourth-order valence-corrected chi connectivity index (χ4v) is 4.91. The van der Waals surface area contributed by atoms with Crippen LogP contribution in [0.4, 0.5) is 5.69 Å². The highest BCUT2D eigenvalue weighted by Crippen LogP contribution is 2.24. The number of benzene rings is 2. The van der Waals surface area contributed by atoms with Crippen LogP contribution >= 0.6 is 11.6 Å². The molecule has 1 aliphatic rings. The van der Waals surface area contributed by atoms with E-state index in [0.717, 1.165) is 49.7 Å². The van der Waals surface area contributed by atoms with E-state index in [1.54, 1.807) is 12.1 Å². The summed E-state index contributed by atoms with van der Waals surface area (Å²) in [7, 11) is -2.11. The number of anilines is 1. The molecule has 3 rings (SSSR count).